The van der Waals surface area contributed by atoms with Gasteiger partial charge in [0.1, 0.15) is 0 Å². The molecule has 2 aromatic rings. The van der Waals surface area contributed by atoms with Crippen molar-refractivity contribution in [1.82, 2.24) is 5.01 Å². The van der Waals surface area contributed by atoms with Crippen molar-refractivity contribution in [3.05, 3.63) is 71.4 Å². The van der Waals surface area contributed by atoms with Gasteiger partial charge in [-0.15, -0.1) is 0 Å². The summed E-state index contributed by atoms with van der Waals surface area (Å²) in [5, 5.41) is 2.13. The molecule has 0 atom stereocenters. The van der Waals surface area contributed by atoms with E-state index in [1.54, 1.807) is 0 Å². The smallest absolute Gasteiger partial charge is 0.0643 e. The third-order valence-corrected chi connectivity index (χ3v) is 3.88. The molecule has 0 aromatic heterocycles. The summed E-state index contributed by atoms with van der Waals surface area (Å²) in [6.45, 7) is 3.13. The molecule has 2 heteroatoms. The van der Waals surface area contributed by atoms with Crippen molar-refractivity contribution >= 4 is 11.8 Å². The fourth-order valence-electron chi connectivity index (χ4n) is 2.62. The van der Waals surface area contributed by atoms with Crippen molar-refractivity contribution in [2.24, 2.45) is 0 Å². The van der Waals surface area contributed by atoms with Gasteiger partial charge in [0, 0.05) is 6.20 Å². The van der Waals surface area contributed by atoms with Crippen LogP contribution in [0.15, 0.2) is 54.7 Å². The van der Waals surface area contributed by atoms with E-state index in [0.29, 0.717) is 0 Å². The predicted octanol–water partition coefficient (Wildman–Crippen LogP) is 4.84. The van der Waals surface area contributed by atoms with E-state index in [1.165, 1.54) is 36.0 Å². The van der Waals surface area contributed by atoms with Gasteiger partial charge in [-0.1, -0.05) is 49.7 Å². The number of hydrogen-bond donors (Lipinski definition) is 1. The van der Waals surface area contributed by atoms with Gasteiger partial charge >= 0.3 is 0 Å². The van der Waals surface area contributed by atoms with Gasteiger partial charge in [-0.2, -0.15) is 0 Å². The maximum absolute atomic E-state index is 3.45. The van der Waals surface area contributed by atoms with Gasteiger partial charge in [-0.3, -0.25) is 10.4 Å². The molecule has 1 aliphatic heterocycles. The molecule has 2 nitrogen and oxygen atoms in total. The normalized spacial score (nSPS) is 13.1. The average molecular weight is 278 g/mol. The van der Waals surface area contributed by atoms with Gasteiger partial charge in [-0.05, 0) is 47.7 Å². The SMILES string of the molecule is CCCCc1ccc(NN2C=Cc3ccccc3C2)cc1. The summed E-state index contributed by atoms with van der Waals surface area (Å²) in [6.07, 6.45) is 7.94. The Bertz CT molecular complexity index is 614. The minimum atomic E-state index is 0.893. The summed E-state index contributed by atoms with van der Waals surface area (Å²) in [6, 6.07) is 17.3. The molecule has 0 amide bonds. The van der Waals surface area contributed by atoms with Crippen molar-refractivity contribution in [1.29, 1.82) is 0 Å². The van der Waals surface area contributed by atoms with Crippen LogP contribution in [0.2, 0.25) is 0 Å². The Balaban J connectivity index is 1.63. The van der Waals surface area contributed by atoms with Gasteiger partial charge in [-0.25, -0.2) is 0 Å². The number of fused-ring (bicyclic) bond motifs is 1. The van der Waals surface area contributed by atoms with Crippen LogP contribution in [0, 0.1) is 0 Å². The molecule has 1 N–H and O–H groups in total. The number of hydrogen-bond acceptors (Lipinski definition) is 2. The lowest BCUT2D eigenvalue weighted by Crippen LogP contribution is -2.26. The molecule has 0 saturated carbocycles. The molecule has 0 radical (unpaired) electrons. The van der Waals surface area contributed by atoms with Crippen molar-refractivity contribution in [3.8, 4) is 0 Å². The number of rotatable bonds is 5. The molecule has 1 heterocycles. The van der Waals surface area contributed by atoms with E-state index in [1.807, 2.05) is 0 Å². The summed E-state index contributed by atoms with van der Waals surface area (Å²) in [4.78, 5) is 0. The van der Waals surface area contributed by atoms with Crippen LogP contribution in [-0.2, 0) is 13.0 Å². The molecule has 21 heavy (non-hydrogen) atoms. The Morgan fingerprint density at radius 1 is 1.05 bits per heavy atom. The number of hydrazine groups is 1. The topological polar surface area (TPSA) is 15.3 Å². The first-order chi connectivity index (χ1) is 10.3. The second kappa shape index (κ2) is 6.49. The Kier molecular flexibility index (Phi) is 4.25. The van der Waals surface area contributed by atoms with Crippen LogP contribution < -0.4 is 5.43 Å². The molecule has 0 spiro atoms. The quantitative estimate of drug-likeness (QED) is 0.841. The molecular formula is C19H22N2. The third-order valence-electron chi connectivity index (χ3n) is 3.88. The van der Waals surface area contributed by atoms with E-state index < -0.39 is 0 Å². The highest BCUT2D eigenvalue weighted by Gasteiger charge is 2.09. The number of nitrogens with one attached hydrogen (secondary N) is 1. The van der Waals surface area contributed by atoms with Crippen molar-refractivity contribution in [3.63, 3.8) is 0 Å². The highest BCUT2D eigenvalue weighted by molar-refractivity contribution is 5.56. The molecule has 0 fully saturated rings. The monoisotopic (exact) mass is 278 g/mol. The van der Waals surface area contributed by atoms with E-state index in [0.717, 1.165) is 12.2 Å². The van der Waals surface area contributed by atoms with Gasteiger partial charge in [0.15, 0.2) is 0 Å². The van der Waals surface area contributed by atoms with Crippen LogP contribution in [0.4, 0.5) is 5.69 Å². The summed E-state index contributed by atoms with van der Waals surface area (Å²) >= 11 is 0. The summed E-state index contributed by atoms with van der Waals surface area (Å²) in [5.41, 5.74) is 8.67. The first-order valence-corrected chi connectivity index (χ1v) is 7.73. The lowest BCUT2D eigenvalue weighted by atomic mass is 10.1. The van der Waals surface area contributed by atoms with E-state index in [4.69, 9.17) is 0 Å². The number of anilines is 1. The number of nitrogens with zero attached hydrogens (tertiary/aromatic N) is 1. The molecule has 0 unspecified atom stereocenters. The van der Waals surface area contributed by atoms with Crippen LogP contribution in [-0.4, -0.2) is 5.01 Å². The van der Waals surface area contributed by atoms with Crippen LogP contribution in [0.5, 0.6) is 0 Å². The zero-order chi connectivity index (χ0) is 14.5. The first kappa shape index (κ1) is 13.7. The highest BCUT2D eigenvalue weighted by Crippen LogP contribution is 2.20. The van der Waals surface area contributed by atoms with Crippen LogP contribution in [0.1, 0.15) is 36.5 Å². The average Bonchev–Trinajstić information content (AvgIpc) is 2.54. The first-order valence-electron chi connectivity index (χ1n) is 7.73. The van der Waals surface area contributed by atoms with Crippen molar-refractivity contribution in [2.45, 2.75) is 32.7 Å². The fourth-order valence-corrected chi connectivity index (χ4v) is 2.62. The molecular weight excluding hydrogens is 256 g/mol. The third kappa shape index (κ3) is 3.46. The van der Waals surface area contributed by atoms with Gasteiger partial charge in [0.2, 0.25) is 0 Å². The molecule has 0 aliphatic carbocycles. The maximum Gasteiger partial charge on any atom is 0.0643 e. The fraction of sp³-hybridized carbons (Fsp3) is 0.263. The van der Waals surface area contributed by atoms with E-state index >= 15 is 0 Å². The number of aryl methyl sites for hydroxylation is 1. The van der Waals surface area contributed by atoms with Crippen molar-refractivity contribution in [2.75, 3.05) is 5.43 Å². The maximum atomic E-state index is 3.45. The Morgan fingerprint density at radius 2 is 1.86 bits per heavy atom. The lowest BCUT2D eigenvalue weighted by molar-refractivity contribution is 0.440. The highest BCUT2D eigenvalue weighted by atomic mass is 15.5. The summed E-state index contributed by atoms with van der Waals surface area (Å²) in [5.74, 6) is 0. The molecule has 1 aliphatic rings. The number of benzene rings is 2. The predicted molar refractivity (Wildman–Crippen MR) is 89.7 cm³/mol. The molecule has 3 rings (SSSR count). The minimum absolute atomic E-state index is 0.893. The zero-order valence-corrected chi connectivity index (χ0v) is 12.5. The summed E-state index contributed by atoms with van der Waals surface area (Å²) in [7, 11) is 0. The lowest BCUT2D eigenvalue weighted by Gasteiger charge is -2.26. The minimum Gasteiger partial charge on any atom is -0.299 e. The summed E-state index contributed by atoms with van der Waals surface area (Å²) < 4.78 is 0. The van der Waals surface area contributed by atoms with Crippen LogP contribution >= 0.6 is 0 Å². The molecule has 108 valence electrons. The van der Waals surface area contributed by atoms with Crippen LogP contribution in [0.3, 0.4) is 0 Å². The Hall–Kier alpha value is -2.22. The Morgan fingerprint density at radius 3 is 2.67 bits per heavy atom. The zero-order valence-electron chi connectivity index (χ0n) is 12.5. The van der Waals surface area contributed by atoms with Crippen molar-refractivity contribution < 1.29 is 0 Å². The van der Waals surface area contributed by atoms with E-state index in [2.05, 4.69) is 78.2 Å². The second-order valence-electron chi connectivity index (χ2n) is 5.55. The number of unbranched alkanes of at least 4 members (excludes halogenated alkanes) is 1. The van der Waals surface area contributed by atoms with Gasteiger partial charge in [0.25, 0.3) is 0 Å². The largest absolute Gasteiger partial charge is 0.299 e. The Labute approximate surface area is 127 Å². The van der Waals surface area contributed by atoms with E-state index in [-0.39, 0.29) is 0 Å². The van der Waals surface area contributed by atoms with Gasteiger partial charge < -0.3 is 0 Å². The van der Waals surface area contributed by atoms with E-state index in [9.17, 15) is 0 Å². The van der Waals surface area contributed by atoms with Gasteiger partial charge in [0.05, 0.1) is 12.2 Å². The molecule has 0 saturated heterocycles. The molecule has 2 aromatic carbocycles. The standard InChI is InChI=1S/C19H22N2/c1-2-3-6-16-9-11-19(12-10-16)20-21-14-13-17-7-4-5-8-18(17)15-21/h4-5,7-14,20H,2-3,6,15H2,1H3. The molecule has 0 bridgehead atoms. The van der Waals surface area contributed by atoms with Crippen LogP contribution in [0.25, 0.3) is 6.08 Å². The second-order valence-corrected chi connectivity index (χ2v) is 5.55.